The van der Waals surface area contributed by atoms with E-state index in [-0.39, 0.29) is 11.7 Å². The first-order chi connectivity index (χ1) is 12.5. The Labute approximate surface area is 152 Å². The molecule has 0 radical (unpaired) electrons. The van der Waals surface area contributed by atoms with E-state index in [4.69, 9.17) is 0 Å². The number of hydrogen-bond donors (Lipinski definition) is 2. The van der Waals surface area contributed by atoms with E-state index in [1.54, 1.807) is 0 Å². The lowest BCUT2D eigenvalue weighted by Crippen LogP contribution is -2.33. The highest BCUT2D eigenvalue weighted by molar-refractivity contribution is 6.05. The Morgan fingerprint density at radius 1 is 1.19 bits per heavy atom. The molecule has 1 aliphatic rings. The second kappa shape index (κ2) is 6.57. The molecule has 5 heteroatoms. The zero-order valence-corrected chi connectivity index (χ0v) is 15.0. The number of likely N-dealkylation sites (N-methyl/N-ethyl adjacent to an activating group) is 1. The van der Waals surface area contributed by atoms with Crippen LogP contribution in [-0.4, -0.2) is 35.9 Å². The van der Waals surface area contributed by atoms with Gasteiger partial charge >= 0.3 is 0 Å². The van der Waals surface area contributed by atoms with Crippen LogP contribution >= 0.6 is 0 Å². The Morgan fingerprint density at radius 2 is 1.96 bits per heavy atom. The van der Waals surface area contributed by atoms with Gasteiger partial charge in [0.25, 0.3) is 5.91 Å². The van der Waals surface area contributed by atoms with Gasteiger partial charge in [-0.05, 0) is 75.0 Å². The van der Waals surface area contributed by atoms with Crippen LogP contribution in [0.25, 0.3) is 10.9 Å². The van der Waals surface area contributed by atoms with Gasteiger partial charge in [-0.1, -0.05) is 0 Å². The Bertz CT molecular complexity index is 959. The van der Waals surface area contributed by atoms with E-state index in [1.807, 2.05) is 18.2 Å². The number of halogens is 1. The number of hydrogen-bond acceptors (Lipinski definition) is 2. The maximum atomic E-state index is 13.0. The van der Waals surface area contributed by atoms with E-state index in [2.05, 4.69) is 29.3 Å². The Balaban J connectivity index is 1.60. The smallest absolute Gasteiger partial charge is 0.255 e. The zero-order valence-electron chi connectivity index (χ0n) is 15.0. The van der Waals surface area contributed by atoms with Crippen LogP contribution in [0.15, 0.2) is 42.5 Å². The number of anilines is 1. The molecule has 2 aromatic carbocycles. The summed E-state index contributed by atoms with van der Waals surface area (Å²) in [6.07, 6.45) is 3.20. The van der Waals surface area contributed by atoms with Crippen molar-refractivity contribution in [2.75, 3.05) is 19.4 Å². The number of H-pyrrole nitrogens is 1. The fourth-order valence-corrected chi connectivity index (χ4v) is 3.73. The summed E-state index contributed by atoms with van der Waals surface area (Å²) in [6.45, 7) is 0. The minimum Gasteiger partial charge on any atom is -0.358 e. The van der Waals surface area contributed by atoms with Gasteiger partial charge in [0, 0.05) is 40.3 Å². The summed E-state index contributed by atoms with van der Waals surface area (Å²) in [5.74, 6) is -0.584. The molecule has 4 nitrogen and oxygen atoms in total. The Hall–Kier alpha value is -2.66. The summed E-state index contributed by atoms with van der Waals surface area (Å²) in [4.78, 5) is 18.2. The first kappa shape index (κ1) is 16.8. The van der Waals surface area contributed by atoms with E-state index in [0.29, 0.717) is 11.6 Å². The van der Waals surface area contributed by atoms with Gasteiger partial charge in [0.2, 0.25) is 0 Å². The third-order valence-corrected chi connectivity index (χ3v) is 5.26. The van der Waals surface area contributed by atoms with Gasteiger partial charge in [-0.2, -0.15) is 0 Å². The second-order valence-electron chi connectivity index (χ2n) is 7.16. The molecule has 1 heterocycles. The molecule has 1 atom stereocenters. The van der Waals surface area contributed by atoms with E-state index < -0.39 is 0 Å². The standard InChI is InChI=1S/C21H22FN3O/c1-25(2)16-8-9-17-18-11-15(7-10-19(18)24-20(17)12-16)23-21(26)13-3-5-14(22)6-4-13/h3-7,10-11,16,24H,8-9,12H2,1-2H3,(H,23,26). The number of rotatable bonds is 3. The molecule has 0 aliphatic heterocycles. The van der Waals surface area contributed by atoms with Crippen molar-refractivity contribution in [2.24, 2.45) is 0 Å². The van der Waals surface area contributed by atoms with Crippen LogP contribution in [0.1, 0.15) is 28.0 Å². The van der Waals surface area contributed by atoms with Gasteiger partial charge in [0.15, 0.2) is 0 Å². The van der Waals surface area contributed by atoms with E-state index in [9.17, 15) is 9.18 Å². The van der Waals surface area contributed by atoms with Crippen molar-refractivity contribution < 1.29 is 9.18 Å². The number of carbonyl (C=O) groups is 1. The third-order valence-electron chi connectivity index (χ3n) is 5.26. The predicted octanol–water partition coefficient (Wildman–Crippen LogP) is 3.98. The number of fused-ring (bicyclic) bond motifs is 3. The van der Waals surface area contributed by atoms with Gasteiger partial charge in [-0.25, -0.2) is 4.39 Å². The molecule has 1 aliphatic carbocycles. The lowest BCUT2D eigenvalue weighted by atomic mass is 9.91. The van der Waals surface area contributed by atoms with Crippen molar-refractivity contribution >= 4 is 22.5 Å². The molecule has 26 heavy (non-hydrogen) atoms. The van der Waals surface area contributed by atoms with Gasteiger partial charge in [-0.3, -0.25) is 4.79 Å². The van der Waals surface area contributed by atoms with Crippen molar-refractivity contribution in [1.82, 2.24) is 9.88 Å². The van der Waals surface area contributed by atoms with Gasteiger partial charge in [0.05, 0.1) is 0 Å². The first-order valence-electron chi connectivity index (χ1n) is 8.88. The van der Waals surface area contributed by atoms with Crippen LogP contribution in [0.4, 0.5) is 10.1 Å². The zero-order chi connectivity index (χ0) is 18.3. The fraction of sp³-hybridized carbons (Fsp3) is 0.286. The van der Waals surface area contributed by atoms with Crippen LogP contribution in [0.5, 0.6) is 0 Å². The molecular formula is C21H22FN3O. The number of benzene rings is 2. The predicted molar refractivity (Wildman–Crippen MR) is 102 cm³/mol. The third kappa shape index (κ3) is 3.10. The largest absolute Gasteiger partial charge is 0.358 e. The van der Waals surface area contributed by atoms with Gasteiger partial charge in [0.1, 0.15) is 5.82 Å². The van der Waals surface area contributed by atoms with Gasteiger partial charge < -0.3 is 15.2 Å². The lowest BCUT2D eigenvalue weighted by molar-refractivity contribution is 0.102. The fourth-order valence-electron chi connectivity index (χ4n) is 3.73. The SMILES string of the molecule is CN(C)C1CCc2c([nH]c3ccc(NC(=O)c4ccc(F)cc4)cc23)C1. The summed E-state index contributed by atoms with van der Waals surface area (Å²) < 4.78 is 13.0. The number of amides is 1. The highest BCUT2D eigenvalue weighted by atomic mass is 19.1. The minimum absolute atomic E-state index is 0.235. The molecule has 2 N–H and O–H groups in total. The molecule has 0 spiro atoms. The lowest BCUT2D eigenvalue weighted by Gasteiger charge is -2.28. The molecule has 0 fully saturated rings. The first-order valence-corrected chi connectivity index (χ1v) is 8.88. The van der Waals surface area contributed by atoms with Crippen molar-refractivity contribution in [2.45, 2.75) is 25.3 Å². The summed E-state index contributed by atoms with van der Waals surface area (Å²) in [6, 6.07) is 12.1. The Morgan fingerprint density at radius 3 is 2.69 bits per heavy atom. The molecule has 0 bridgehead atoms. The van der Waals surface area contributed by atoms with Crippen LogP contribution in [0.3, 0.4) is 0 Å². The summed E-state index contributed by atoms with van der Waals surface area (Å²) in [5.41, 5.74) is 4.96. The summed E-state index contributed by atoms with van der Waals surface area (Å²) >= 11 is 0. The number of nitrogens with one attached hydrogen (secondary N) is 2. The average Bonchev–Trinajstić information content (AvgIpc) is 2.99. The van der Waals surface area contributed by atoms with E-state index in [1.165, 1.54) is 40.9 Å². The Kier molecular flexibility index (Phi) is 4.24. The topological polar surface area (TPSA) is 48.1 Å². The van der Waals surface area contributed by atoms with Crippen molar-refractivity contribution in [3.05, 3.63) is 65.1 Å². The van der Waals surface area contributed by atoms with Crippen LogP contribution in [-0.2, 0) is 12.8 Å². The maximum Gasteiger partial charge on any atom is 0.255 e. The minimum atomic E-state index is -0.349. The highest BCUT2D eigenvalue weighted by Crippen LogP contribution is 2.32. The number of aromatic amines is 1. The van der Waals surface area contributed by atoms with E-state index >= 15 is 0 Å². The monoisotopic (exact) mass is 351 g/mol. The molecule has 134 valence electrons. The molecule has 0 saturated heterocycles. The molecule has 1 amide bonds. The number of nitrogens with zero attached hydrogens (tertiary/aromatic N) is 1. The van der Waals surface area contributed by atoms with Crippen LogP contribution in [0, 0.1) is 5.82 Å². The summed E-state index contributed by atoms with van der Waals surface area (Å²) in [5, 5.41) is 4.09. The summed E-state index contributed by atoms with van der Waals surface area (Å²) in [7, 11) is 4.25. The number of aryl methyl sites for hydroxylation is 1. The van der Waals surface area contributed by atoms with Crippen LogP contribution in [0.2, 0.25) is 0 Å². The molecule has 1 aromatic heterocycles. The van der Waals surface area contributed by atoms with Crippen molar-refractivity contribution in [3.8, 4) is 0 Å². The second-order valence-corrected chi connectivity index (χ2v) is 7.16. The van der Waals surface area contributed by atoms with E-state index in [0.717, 1.165) is 30.5 Å². The molecule has 0 saturated carbocycles. The highest BCUT2D eigenvalue weighted by Gasteiger charge is 2.23. The molecule has 1 unspecified atom stereocenters. The maximum absolute atomic E-state index is 13.0. The van der Waals surface area contributed by atoms with Crippen molar-refractivity contribution in [3.63, 3.8) is 0 Å². The number of carbonyl (C=O) groups excluding carboxylic acids is 1. The molecule has 3 aromatic rings. The average molecular weight is 351 g/mol. The number of aromatic nitrogens is 1. The van der Waals surface area contributed by atoms with Crippen molar-refractivity contribution in [1.29, 1.82) is 0 Å². The quantitative estimate of drug-likeness (QED) is 0.750. The normalized spacial score (nSPS) is 16.7. The van der Waals surface area contributed by atoms with Gasteiger partial charge in [-0.15, -0.1) is 0 Å². The molecular weight excluding hydrogens is 329 g/mol. The van der Waals surface area contributed by atoms with Crippen LogP contribution < -0.4 is 5.32 Å². The molecule has 4 rings (SSSR count).